The summed E-state index contributed by atoms with van der Waals surface area (Å²) in [7, 11) is -2.18. The monoisotopic (exact) mass is 408 g/mol. The molecule has 3 heterocycles. The molecule has 27 heavy (non-hydrogen) atoms. The number of sulfonamides is 1. The van der Waals surface area contributed by atoms with Gasteiger partial charge >= 0.3 is 5.76 Å². The molecule has 1 aromatic carbocycles. The average molecular weight is 409 g/mol. The number of ether oxygens (including phenoxy) is 1. The van der Waals surface area contributed by atoms with Crippen LogP contribution in [0.4, 0.5) is 0 Å². The lowest BCUT2D eigenvalue weighted by Gasteiger charge is -2.24. The Hall–Kier alpha value is -1.94. The summed E-state index contributed by atoms with van der Waals surface area (Å²) >= 11 is 1.52. The van der Waals surface area contributed by atoms with E-state index in [0.717, 1.165) is 17.7 Å². The van der Waals surface area contributed by atoms with E-state index in [4.69, 9.17) is 9.15 Å². The van der Waals surface area contributed by atoms with Gasteiger partial charge in [-0.3, -0.25) is 4.57 Å². The fraction of sp³-hybridized carbons (Fsp3) is 0.389. The number of aryl methyl sites for hydroxylation is 1. The van der Waals surface area contributed by atoms with Crippen molar-refractivity contribution in [2.24, 2.45) is 7.05 Å². The zero-order valence-corrected chi connectivity index (χ0v) is 16.5. The minimum Gasteiger partial charge on any atom is -0.408 e. The number of benzene rings is 1. The van der Waals surface area contributed by atoms with Crippen molar-refractivity contribution in [3.05, 3.63) is 51.1 Å². The quantitative estimate of drug-likeness (QED) is 0.626. The zero-order valence-electron chi connectivity index (χ0n) is 14.8. The Kier molecular flexibility index (Phi) is 4.94. The molecule has 2 aromatic heterocycles. The van der Waals surface area contributed by atoms with Crippen LogP contribution in [0.5, 0.6) is 0 Å². The third-order valence-corrected chi connectivity index (χ3v) is 7.41. The molecule has 0 bridgehead atoms. The SMILES string of the molecule is Cn1c(=O)oc2cc(S(=O)(=O)N(Cc3cccs3)C[C@H]3CCCO3)ccc21. The molecule has 7 nitrogen and oxygen atoms in total. The highest BCUT2D eigenvalue weighted by atomic mass is 32.2. The molecule has 9 heteroatoms. The molecule has 0 N–H and O–H groups in total. The molecule has 1 aliphatic rings. The third kappa shape index (κ3) is 3.60. The van der Waals surface area contributed by atoms with Crippen LogP contribution in [0.1, 0.15) is 17.7 Å². The van der Waals surface area contributed by atoms with Gasteiger partial charge in [0.05, 0.1) is 16.5 Å². The molecular formula is C18H20N2O5S2. The van der Waals surface area contributed by atoms with Crippen molar-refractivity contribution in [3.8, 4) is 0 Å². The second-order valence-corrected chi connectivity index (χ2v) is 9.54. The van der Waals surface area contributed by atoms with E-state index in [1.807, 2.05) is 17.5 Å². The molecule has 0 aliphatic carbocycles. The van der Waals surface area contributed by atoms with Gasteiger partial charge in [0.15, 0.2) is 5.58 Å². The molecule has 1 fully saturated rings. The highest BCUT2D eigenvalue weighted by molar-refractivity contribution is 7.89. The summed E-state index contributed by atoms with van der Waals surface area (Å²) < 4.78 is 40.3. The number of hydrogen-bond acceptors (Lipinski definition) is 6. The van der Waals surface area contributed by atoms with Crippen LogP contribution in [0.15, 0.2) is 49.8 Å². The number of aromatic nitrogens is 1. The number of fused-ring (bicyclic) bond motifs is 1. The zero-order chi connectivity index (χ0) is 19.0. The van der Waals surface area contributed by atoms with E-state index in [9.17, 15) is 13.2 Å². The van der Waals surface area contributed by atoms with E-state index in [1.54, 1.807) is 13.1 Å². The van der Waals surface area contributed by atoms with Crippen LogP contribution in [0, 0.1) is 0 Å². The standard InChI is InChI=1S/C18H20N2O5S2/c1-19-16-7-6-15(10-17(16)25-18(19)21)27(22,23)20(11-13-4-2-8-24-13)12-14-5-3-9-26-14/h3,5-7,9-10,13H,2,4,8,11-12H2,1H3/t13-/m1/s1. The van der Waals surface area contributed by atoms with Gasteiger partial charge in [0.2, 0.25) is 10.0 Å². The summed E-state index contributed by atoms with van der Waals surface area (Å²) in [5.74, 6) is -0.519. The lowest BCUT2D eigenvalue weighted by Crippen LogP contribution is -2.36. The normalized spacial score (nSPS) is 17.9. The molecule has 144 valence electrons. The van der Waals surface area contributed by atoms with E-state index >= 15 is 0 Å². The average Bonchev–Trinajstić information content (AvgIpc) is 3.38. The Bertz CT molecular complexity index is 1090. The van der Waals surface area contributed by atoms with Crippen molar-refractivity contribution in [2.45, 2.75) is 30.4 Å². The molecule has 3 aromatic rings. The third-order valence-electron chi connectivity index (χ3n) is 4.75. The van der Waals surface area contributed by atoms with Crippen LogP contribution >= 0.6 is 11.3 Å². The number of thiophene rings is 1. The maximum absolute atomic E-state index is 13.3. The van der Waals surface area contributed by atoms with E-state index in [1.165, 1.54) is 32.3 Å². The van der Waals surface area contributed by atoms with Gasteiger partial charge in [-0.1, -0.05) is 6.07 Å². The highest BCUT2D eigenvalue weighted by Gasteiger charge is 2.30. The van der Waals surface area contributed by atoms with Crippen LogP contribution in [0.25, 0.3) is 11.1 Å². The van der Waals surface area contributed by atoms with Crippen molar-refractivity contribution < 1.29 is 17.6 Å². The van der Waals surface area contributed by atoms with Crippen LogP contribution in [-0.2, 0) is 28.4 Å². The number of oxazole rings is 1. The summed E-state index contributed by atoms with van der Waals surface area (Å²) in [5.41, 5.74) is 0.819. The van der Waals surface area contributed by atoms with Gasteiger partial charge in [0.25, 0.3) is 0 Å². The Morgan fingerprint density at radius 3 is 2.89 bits per heavy atom. The van der Waals surface area contributed by atoms with Crippen molar-refractivity contribution in [2.75, 3.05) is 13.2 Å². The molecule has 1 atom stereocenters. The molecule has 0 unspecified atom stereocenters. The Balaban J connectivity index is 1.71. The first-order valence-corrected chi connectivity index (χ1v) is 11.0. The fourth-order valence-electron chi connectivity index (χ4n) is 3.26. The number of hydrogen-bond donors (Lipinski definition) is 0. The Morgan fingerprint density at radius 2 is 2.19 bits per heavy atom. The fourth-order valence-corrected chi connectivity index (χ4v) is 5.53. The first kappa shape index (κ1) is 18.4. The van der Waals surface area contributed by atoms with Crippen molar-refractivity contribution in [1.29, 1.82) is 0 Å². The van der Waals surface area contributed by atoms with E-state index in [0.29, 0.717) is 18.7 Å². The Labute approximate surface area is 160 Å². The van der Waals surface area contributed by atoms with Gasteiger partial charge in [-0.2, -0.15) is 4.31 Å². The second kappa shape index (κ2) is 7.23. The van der Waals surface area contributed by atoms with Gasteiger partial charge in [-0.15, -0.1) is 11.3 Å². The summed E-state index contributed by atoms with van der Waals surface area (Å²) in [5, 5.41) is 1.93. The molecule has 0 amide bonds. The van der Waals surface area contributed by atoms with E-state index < -0.39 is 15.8 Å². The molecule has 0 saturated carbocycles. The second-order valence-electron chi connectivity index (χ2n) is 6.57. The van der Waals surface area contributed by atoms with Crippen LogP contribution in [0.2, 0.25) is 0 Å². The summed E-state index contributed by atoms with van der Waals surface area (Å²) in [4.78, 5) is 12.8. The number of rotatable bonds is 6. The maximum atomic E-state index is 13.3. The van der Waals surface area contributed by atoms with Crippen LogP contribution in [0.3, 0.4) is 0 Å². The van der Waals surface area contributed by atoms with Crippen molar-refractivity contribution >= 4 is 32.5 Å². The smallest absolute Gasteiger partial charge is 0.408 e. The summed E-state index contributed by atoms with van der Waals surface area (Å²) in [6, 6.07) is 8.36. The molecular weight excluding hydrogens is 388 g/mol. The highest BCUT2D eigenvalue weighted by Crippen LogP contribution is 2.26. The molecule has 4 rings (SSSR count). The van der Waals surface area contributed by atoms with Crippen LogP contribution in [-0.4, -0.2) is 36.5 Å². The minimum absolute atomic E-state index is 0.0990. The first-order chi connectivity index (χ1) is 12.9. The first-order valence-electron chi connectivity index (χ1n) is 8.69. The van der Waals surface area contributed by atoms with Gasteiger partial charge in [-0.05, 0) is 36.4 Å². The lowest BCUT2D eigenvalue weighted by molar-refractivity contribution is 0.0927. The number of nitrogens with zero attached hydrogens (tertiary/aromatic N) is 2. The molecule has 0 radical (unpaired) electrons. The summed E-state index contributed by atoms with van der Waals surface area (Å²) in [6.07, 6.45) is 1.69. The maximum Gasteiger partial charge on any atom is 0.419 e. The molecule has 0 spiro atoms. The topological polar surface area (TPSA) is 81.8 Å². The molecule has 1 saturated heterocycles. The molecule has 1 aliphatic heterocycles. The lowest BCUT2D eigenvalue weighted by atomic mass is 10.2. The predicted octanol–water partition coefficient (Wildman–Crippen LogP) is 2.56. The van der Waals surface area contributed by atoms with E-state index in [-0.39, 0.29) is 23.1 Å². The van der Waals surface area contributed by atoms with Crippen LogP contribution < -0.4 is 5.76 Å². The van der Waals surface area contributed by atoms with Gasteiger partial charge in [-0.25, -0.2) is 13.2 Å². The van der Waals surface area contributed by atoms with E-state index in [2.05, 4.69) is 0 Å². The van der Waals surface area contributed by atoms with Crippen molar-refractivity contribution in [1.82, 2.24) is 8.87 Å². The Morgan fingerprint density at radius 1 is 1.33 bits per heavy atom. The van der Waals surface area contributed by atoms with Gasteiger partial charge in [0.1, 0.15) is 0 Å². The van der Waals surface area contributed by atoms with Gasteiger partial charge in [0, 0.05) is 37.7 Å². The minimum atomic E-state index is -3.77. The summed E-state index contributed by atoms with van der Waals surface area (Å²) in [6.45, 7) is 1.26. The van der Waals surface area contributed by atoms with Crippen molar-refractivity contribution in [3.63, 3.8) is 0 Å². The largest absolute Gasteiger partial charge is 0.419 e. The predicted molar refractivity (Wildman–Crippen MR) is 102 cm³/mol. The van der Waals surface area contributed by atoms with Gasteiger partial charge < -0.3 is 9.15 Å².